The first-order valence-corrected chi connectivity index (χ1v) is 4.54. The molecule has 5 nitrogen and oxygen atoms in total. The lowest BCUT2D eigenvalue weighted by Gasteiger charge is -2.18. The number of aromatic amines is 1. The van der Waals surface area contributed by atoms with E-state index in [1.54, 1.807) is 12.4 Å². The zero-order valence-corrected chi connectivity index (χ0v) is 7.99. The van der Waals surface area contributed by atoms with Gasteiger partial charge in [-0.1, -0.05) is 0 Å². The van der Waals surface area contributed by atoms with Gasteiger partial charge in [-0.05, 0) is 12.8 Å². The molecule has 1 aromatic heterocycles. The van der Waals surface area contributed by atoms with E-state index in [1.165, 1.54) is 7.11 Å². The van der Waals surface area contributed by atoms with Crippen LogP contribution in [0.2, 0.25) is 0 Å². The van der Waals surface area contributed by atoms with Gasteiger partial charge in [-0.25, -0.2) is 4.98 Å². The predicted octanol–water partition coefficient (Wildman–Crippen LogP) is -0.0584. The van der Waals surface area contributed by atoms with Gasteiger partial charge in [0.2, 0.25) is 0 Å². The fourth-order valence-electron chi connectivity index (χ4n) is 1.72. The van der Waals surface area contributed by atoms with Gasteiger partial charge in [-0.2, -0.15) is 0 Å². The Bertz CT molecular complexity index is 330. The second kappa shape index (κ2) is 3.09. The lowest BCUT2D eigenvalue weighted by molar-refractivity contribution is -0.143. The number of imidazole rings is 1. The van der Waals surface area contributed by atoms with Gasteiger partial charge in [0.25, 0.3) is 0 Å². The van der Waals surface area contributed by atoms with Crippen LogP contribution in [0.25, 0.3) is 0 Å². The summed E-state index contributed by atoms with van der Waals surface area (Å²) in [5.41, 5.74) is 5.52. The number of ether oxygens (including phenoxy) is 1. The maximum absolute atomic E-state index is 11.3. The van der Waals surface area contributed by atoms with Crippen molar-refractivity contribution in [2.45, 2.75) is 24.3 Å². The van der Waals surface area contributed by atoms with E-state index in [-0.39, 0.29) is 11.4 Å². The minimum absolute atomic E-state index is 0.309. The highest BCUT2D eigenvalue weighted by Crippen LogP contribution is 2.49. The molecule has 0 amide bonds. The number of hydrogen-bond donors (Lipinski definition) is 2. The summed E-state index contributed by atoms with van der Waals surface area (Å²) in [6.45, 7) is 0. The molecule has 1 saturated carbocycles. The molecule has 5 heteroatoms. The molecule has 3 N–H and O–H groups in total. The maximum atomic E-state index is 11.3. The first-order valence-electron chi connectivity index (χ1n) is 4.54. The Kier molecular flexibility index (Phi) is 2.03. The van der Waals surface area contributed by atoms with Crippen molar-refractivity contribution in [3.63, 3.8) is 0 Å². The van der Waals surface area contributed by atoms with Gasteiger partial charge in [0.05, 0.1) is 12.5 Å². The number of esters is 1. The first-order chi connectivity index (χ1) is 6.70. The molecule has 0 saturated heterocycles. The van der Waals surface area contributed by atoms with E-state index in [0.717, 1.165) is 18.7 Å². The van der Waals surface area contributed by atoms with Crippen LogP contribution in [0.5, 0.6) is 0 Å². The average Bonchev–Trinajstić information content (AvgIpc) is 2.84. The third-order valence-electron chi connectivity index (χ3n) is 2.81. The number of nitrogens with one attached hydrogen (secondary N) is 1. The highest BCUT2D eigenvalue weighted by Gasteiger charge is 2.54. The maximum Gasteiger partial charge on any atom is 0.323 e. The Morgan fingerprint density at radius 2 is 2.50 bits per heavy atom. The van der Waals surface area contributed by atoms with E-state index in [1.807, 2.05) is 0 Å². The molecule has 1 aliphatic carbocycles. The lowest BCUT2D eigenvalue weighted by Crippen LogP contribution is -2.43. The molecule has 2 rings (SSSR count). The summed E-state index contributed by atoms with van der Waals surface area (Å²) >= 11 is 0. The SMILES string of the molecule is COC(=O)C(N)C1(c2ncc[nH]2)CC1. The van der Waals surface area contributed by atoms with Crippen LogP contribution in [0.4, 0.5) is 0 Å². The van der Waals surface area contributed by atoms with Gasteiger partial charge in [0.15, 0.2) is 0 Å². The number of nitrogens with two attached hydrogens (primary N) is 1. The fourth-order valence-corrected chi connectivity index (χ4v) is 1.72. The van der Waals surface area contributed by atoms with Crippen molar-refractivity contribution in [2.75, 3.05) is 7.11 Å². The van der Waals surface area contributed by atoms with E-state index >= 15 is 0 Å². The summed E-state index contributed by atoms with van der Waals surface area (Å²) in [5.74, 6) is 0.411. The summed E-state index contributed by atoms with van der Waals surface area (Å²) in [7, 11) is 1.35. The molecule has 1 aliphatic rings. The average molecular weight is 195 g/mol. The van der Waals surface area contributed by atoms with Crippen LogP contribution in [0.15, 0.2) is 12.4 Å². The van der Waals surface area contributed by atoms with Gasteiger partial charge in [0.1, 0.15) is 11.9 Å². The summed E-state index contributed by atoms with van der Waals surface area (Å²) in [5, 5.41) is 0. The molecular formula is C9H13N3O2. The number of nitrogens with zero attached hydrogens (tertiary/aromatic N) is 1. The molecule has 76 valence electrons. The van der Waals surface area contributed by atoms with E-state index in [2.05, 4.69) is 14.7 Å². The zero-order valence-electron chi connectivity index (χ0n) is 7.99. The molecule has 1 unspecified atom stereocenters. The molecule has 0 aliphatic heterocycles. The van der Waals surface area contributed by atoms with Gasteiger partial charge in [0, 0.05) is 12.4 Å². The van der Waals surface area contributed by atoms with E-state index < -0.39 is 6.04 Å². The predicted molar refractivity (Wildman–Crippen MR) is 49.5 cm³/mol. The van der Waals surface area contributed by atoms with Crippen molar-refractivity contribution in [2.24, 2.45) is 5.73 Å². The van der Waals surface area contributed by atoms with Crippen molar-refractivity contribution in [3.8, 4) is 0 Å². The van der Waals surface area contributed by atoms with Crippen LogP contribution >= 0.6 is 0 Å². The van der Waals surface area contributed by atoms with Gasteiger partial charge >= 0.3 is 5.97 Å². The van der Waals surface area contributed by atoms with Crippen LogP contribution in [0.3, 0.4) is 0 Å². The summed E-state index contributed by atoms with van der Waals surface area (Å²) in [6.07, 6.45) is 5.17. The Balaban J connectivity index is 2.21. The Labute approximate surface area is 81.7 Å². The van der Waals surface area contributed by atoms with Crippen LogP contribution in [-0.2, 0) is 14.9 Å². The van der Waals surface area contributed by atoms with Gasteiger partial charge in [-0.15, -0.1) is 0 Å². The van der Waals surface area contributed by atoms with Crippen LogP contribution < -0.4 is 5.73 Å². The third-order valence-corrected chi connectivity index (χ3v) is 2.81. The van der Waals surface area contributed by atoms with Gasteiger partial charge < -0.3 is 15.5 Å². The second-order valence-electron chi connectivity index (χ2n) is 3.59. The van der Waals surface area contributed by atoms with Crippen molar-refractivity contribution >= 4 is 5.97 Å². The minimum atomic E-state index is -0.612. The Morgan fingerprint density at radius 3 is 2.93 bits per heavy atom. The van der Waals surface area contributed by atoms with Crippen LogP contribution in [0, 0.1) is 0 Å². The number of H-pyrrole nitrogens is 1. The molecule has 0 aromatic carbocycles. The quantitative estimate of drug-likeness (QED) is 0.662. The largest absolute Gasteiger partial charge is 0.468 e. The Morgan fingerprint density at radius 1 is 1.79 bits per heavy atom. The zero-order chi connectivity index (χ0) is 10.2. The van der Waals surface area contributed by atoms with E-state index in [9.17, 15) is 4.79 Å². The lowest BCUT2D eigenvalue weighted by atomic mass is 9.96. The van der Waals surface area contributed by atoms with E-state index in [0.29, 0.717) is 0 Å². The highest BCUT2D eigenvalue weighted by atomic mass is 16.5. The fraction of sp³-hybridized carbons (Fsp3) is 0.556. The van der Waals surface area contributed by atoms with Gasteiger partial charge in [-0.3, -0.25) is 4.79 Å². The summed E-state index contributed by atoms with van der Waals surface area (Å²) in [4.78, 5) is 18.5. The molecule has 1 atom stereocenters. The molecule has 1 heterocycles. The van der Waals surface area contributed by atoms with Crippen LogP contribution in [-0.4, -0.2) is 29.1 Å². The number of hydrogen-bond acceptors (Lipinski definition) is 4. The molecule has 0 radical (unpaired) electrons. The third kappa shape index (κ3) is 1.21. The number of carbonyl (C=O) groups is 1. The highest BCUT2D eigenvalue weighted by molar-refractivity contribution is 5.78. The monoisotopic (exact) mass is 195 g/mol. The standard InChI is InChI=1S/C9H13N3O2/c1-14-7(13)6(10)9(2-3-9)8-11-4-5-12-8/h4-6H,2-3,10H2,1H3,(H,11,12). The normalized spacial score (nSPS) is 20.1. The number of methoxy groups -OCH3 is 1. The topological polar surface area (TPSA) is 81.0 Å². The Hall–Kier alpha value is -1.36. The number of carbonyl (C=O) groups excluding carboxylic acids is 1. The van der Waals surface area contributed by atoms with Crippen molar-refractivity contribution in [3.05, 3.63) is 18.2 Å². The summed E-state index contributed by atoms with van der Waals surface area (Å²) < 4.78 is 4.63. The molecular weight excluding hydrogens is 182 g/mol. The number of rotatable bonds is 3. The molecule has 0 spiro atoms. The van der Waals surface area contributed by atoms with Crippen molar-refractivity contribution in [1.29, 1.82) is 0 Å². The number of aromatic nitrogens is 2. The smallest absolute Gasteiger partial charge is 0.323 e. The van der Waals surface area contributed by atoms with E-state index in [4.69, 9.17) is 5.73 Å². The second-order valence-corrected chi connectivity index (χ2v) is 3.59. The molecule has 0 bridgehead atoms. The molecule has 1 fully saturated rings. The molecule has 1 aromatic rings. The minimum Gasteiger partial charge on any atom is -0.468 e. The first kappa shape index (κ1) is 9.21. The van der Waals surface area contributed by atoms with Crippen LogP contribution in [0.1, 0.15) is 18.7 Å². The van der Waals surface area contributed by atoms with Crippen molar-refractivity contribution in [1.82, 2.24) is 9.97 Å². The summed E-state index contributed by atoms with van der Waals surface area (Å²) in [6, 6.07) is -0.612. The molecule has 14 heavy (non-hydrogen) atoms. The van der Waals surface area contributed by atoms with Crippen molar-refractivity contribution < 1.29 is 9.53 Å².